The first-order valence-corrected chi connectivity index (χ1v) is 14.8. The highest BCUT2D eigenvalue weighted by Crippen LogP contribution is 2.38. The number of para-hydroxylation sites is 2. The molecule has 44 heavy (non-hydrogen) atoms. The molecule has 0 spiro atoms. The molecule has 2 heteroatoms. The molecule has 0 amide bonds. The normalized spacial score (nSPS) is 10.3. The van der Waals surface area contributed by atoms with E-state index >= 15 is 0 Å². The van der Waals surface area contributed by atoms with E-state index in [4.69, 9.17) is 6.42 Å². The van der Waals surface area contributed by atoms with Crippen LogP contribution in [-0.4, -0.2) is 0 Å². The van der Waals surface area contributed by atoms with Crippen molar-refractivity contribution < 1.29 is 0 Å². The van der Waals surface area contributed by atoms with E-state index in [-0.39, 0.29) is 0 Å². The van der Waals surface area contributed by atoms with E-state index in [1.165, 1.54) is 5.56 Å². The third-order valence-electron chi connectivity index (χ3n) is 7.62. The summed E-state index contributed by atoms with van der Waals surface area (Å²) in [5, 5.41) is 0. The number of benzene rings is 6. The van der Waals surface area contributed by atoms with Gasteiger partial charge in [0.25, 0.3) is 0 Å². The van der Waals surface area contributed by atoms with Crippen molar-refractivity contribution in [2.24, 2.45) is 0 Å². The summed E-state index contributed by atoms with van der Waals surface area (Å²) in [6, 6.07) is 55.4. The van der Waals surface area contributed by atoms with Crippen LogP contribution in [0.5, 0.6) is 0 Å². The maximum absolute atomic E-state index is 5.30. The Kier molecular flexibility index (Phi) is 8.55. The molecule has 210 valence electrons. The highest BCUT2D eigenvalue weighted by molar-refractivity contribution is 5.80. The van der Waals surface area contributed by atoms with Gasteiger partial charge in [0.05, 0.1) is 0 Å². The minimum atomic E-state index is 0.891. The molecule has 0 saturated carbocycles. The maximum Gasteiger partial charge on any atom is 0.0462 e. The molecular formula is C42H32N2. The van der Waals surface area contributed by atoms with Crippen molar-refractivity contribution in [3.63, 3.8) is 0 Å². The molecule has 6 aromatic carbocycles. The van der Waals surface area contributed by atoms with E-state index in [1.54, 1.807) is 0 Å². The van der Waals surface area contributed by atoms with Gasteiger partial charge in [0.15, 0.2) is 0 Å². The van der Waals surface area contributed by atoms with Gasteiger partial charge in [-0.25, -0.2) is 0 Å². The third kappa shape index (κ3) is 6.27. The zero-order valence-corrected chi connectivity index (χ0v) is 24.7. The zero-order valence-electron chi connectivity index (χ0n) is 24.7. The Morgan fingerprint density at radius 3 is 1.20 bits per heavy atom. The summed E-state index contributed by atoms with van der Waals surface area (Å²) < 4.78 is 0. The predicted molar refractivity (Wildman–Crippen MR) is 186 cm³/mol. The summed E-state index contributed by atoms with van der Waals surface area (Å²) in [7, 11) is 0. The van der Waals surface area contributed by atoms with Crippen LogP contribution < -0.4 is 9.80 Å². The van der Waals surface area contributed by atoms with Crippen molar-refractivity contribution in [1.82, 2.24) is 0 Å². The van der Waals surface area contributed by atoms with E-state index in [1.807, 2.05) is 18.2 Å². The quantitative estimate of drug-likeness (QED) is 0.170. The summed E-state index contributed by atoms with van der Waals surface area (Å²) in [5.74, 6) is 8.06. The van der Waals surface area contributed by atoms with Crippen LogP contribution in [0, 0.1) is 24.2 Å². The van der Waals surface area contributed by atoms with Gasteiger partial charge < -0.3 is 9.80 Å². The lowest BCUT2D eigenvalue weighted by molar-refractivity contribution is 1.14. The first kappa shape index (κ1) is 28.2. The Hall–Kier alpha value is -5.96. The van der Waals surface area contributed by atoms with Gasteiger partial charge in [-0.2, -0.15) is 0 Å². The van der Waals surface area contributed by atoms with Crippen LogP contribution in [0.2, 0.25) is 0 Å². The third-order valence-corrected chi connectivity index (χ3v) is 7.62. The molecule has 0 unspecified atom stereocenters. The number of hydrogen-bond acceptors (Lipinski definition) is 2. The number of nitrogens with zero attached hydrogens (tertiary/aromatic N) is 2. The van der Waals surface area contributed by atoms with Crippen molar-refractivity contribution in [3.8, 4) is 35.3 Å². The predicted octanol–water partition coefficient (Wildman–Crippen LogP) is 10.8. The molecule has 0 bridgehead atoms. The Labute approximate surface area is 260 Å². The lowest BCUT2D eigenvalue weighted by atomic mass is 10.0. The number of aryl methyl sites for hydroxylation is 1. The summed E-state index contributed by atoms with van der Waals surface area (Å²) in [4.78, 5) is 4.54. The number of anilines is 6. The van der Waals surface area contributed by atoms with Crippen LogP contribution >= 0.6 is 0 Å². The summed E-state index contributed by atoms with van der Waals surface area (Å²) in [6.07, 6.45) is 6.33. The van der Waals surface area contributed by atoms with Crippen molar-refractivity contribution >= 4 is 34.1 Å². The van der Waals surface area contributed by atoms with Gasteiger partial charge in [0.2, 0.25) is 0 Å². The van der Waals surface area contributed by atoms with Crippen LogP contribution in [0.25, 0.3) is 11.1 Å². The monoisotopic (exact) mass is 564 g/mol. The molecule has 0 fully saturated rings. The highest BCUT2D eigenvalue weighted by atomic mass is 15.1. The Bertz CT molecular complexity index is 1910. The molecule has 0 aliphatic heterocycles. The number of hydrogen-bond donors (Lipinski definition) is 0. The minimum absolute atomic E-state index is 0.891. The van der Waals surface area contributed by atoms with Gasteiger partial charge in [-0.1, -0.05) is 85.6 Å². The van der Waals surface area contributed by atoms with Crippen molar-refractivity contribution in [3.05, 3.63) is 169 Å². The molecule has 0 radical (unpaired) electrons. The second-order valence-electron chi connectivity index (χ2n) is 10.4. The molecule has 0 aliphatic rings. The van der Waals surface area contributed by atoms with Crippen molar-refractivity contribution in [2.75, 3.05) is 9.80 Å². The fraction of sp³-hybridized carbons (Fsp3) is 0.0476. The van der Waals surface area contributed by atoms with Crippen molar-refractivity contribution in [2.45, 2.75) is 13.3 Å². The molecule has 0 aromatic heterocycles. The summed E-state index contributed by atoms with van der Waals surface area (Å²) >= 11 is 0. The highest BCUT2D eigenvalue weighted by Gasteiger charge is 2.14. The SMILES string of the molecule is C#CC#Cc1ccc(N(c2ccccc2)c2ccc(-c3ccc(N(c4ccccc4)c4ccc(CC)cc4)cc3)cc2)cc1. The molecular weight excluding hydrogens is 532 g/mol. The Balaban J connectivity index is 1.30. The van der Waals surface area contributed by atoms with Gasteiger partial charge in [0, 0.05) is 39.7 Å². The lowest BCUT2D eigenvalue weighted by Crippen LogP contribution is -2.10. The van der Waals surface area contributed by atoms with Gasteiger partial charge in [0.1, 0.15) is 0 Å². The lowest BCUT2D eigenvalue weighted by Gasteiger charge is -2.26. The van der Waals surface area contributed by atoms with Gasteiger partial charge in [-0.15, -0.1) is 6.42 Å². The van der Waals surface area contributed by atoms with E-state index in [9.17, 15) is 0 Å². The van der Waals surface area contributed by atoms with Gasteiger partial charge in [-0.3, -0.25) is 0 Å². The molecule has 0 heterocycles. The van der Waals surface area contributed by atoms with Gasteiger partial charge >= 0.3 is 0 Å². The van der Waals surface area contributed by atoms with E-state index in [0.717, 1.165) is 57.2 Å². The average molecular weight is 565 g/mol. The van der Waals surface area contributed by atoms with Crippen LogP contribution in [0.4, 0.5) is 34.1 Å². The first-order valence-electron chi connectivity index (χ1n) is 14.8. The minimum Gasteiger partial charge on any atom is -0.311 e. The number of rotatable bonds is 8. The second kappa shape index (κ2) is 13.3. The zero-order chi connectivity index (χ0) is 30.1. The molecule has 0 N–H and O–H groups in total. The standard InChI is InChI=1S/C42H32N2/c1-3-5-12-34-19-27-40(28-20-34)44(38-15-10-7-11-16-38)42-31-23-36(24-32-42)35-21-29-41(30-22-35)43(37-13-8-6-9-14-37)39-25-17-33(4-2)18-26-39/h1,6-11,13-32H,4H2,2H3. The average Bonchev–Trinajstić information content (AvgIpc) is 3.10. The molecule has 0 saturated heterocycles. The number of terminal acetylenes is 1. The van der Waals surface area contributed by atoms with Crippen LogP contribution in [0.1, 0.15) is 18.1 Å². The maximum atomic E-state index is 5.30. The fourth-order valence-electron chi connectivity index (χ4n) is 5.34. The topological polar surface area (TPSA) is 6.48 Å². The Morgan fingerprint density at radius 1 is 0.455 bits per heavy atom. The molecule has 0 atom stereocenters. The van der Waals surface area contributed by atoms with Gasteiger partial charge in [-0.05, 0) is 120 Å². The summed E-state index contributed by atoms with van der Waals surface area (Å²) in [5.41, 5.74) is 11.1. The molecule has 0 aliphatic carbocycles. The van der Waals surface area contributed by atoms with Crippen LogP contribution in [-0.2, 0) is 6.42 Å². The fourth-order valence-corrected chi connectivity index (χ4v) is 5.34. The smallest absolute Gasteiger partial charge is 0.0462 e. The molecule has 6 rings (SSSR count). The second-order valence-corrected chi connectivity index (χ2v) is 10.4. The van der Waals surface area contributed by atoms with Crippen LogP contribution in [0.3, 0.4) is 0 Å². The van der Waals surface area contributed by atoms with E-state index in [0.29, 0.717) is 0 Å². The molecule has 2 nitrogen and oxygen atoms in total. The first-order chi connectivity index (χ1) is 21.7. The van der Waals surface area contributed by atoms with Crippen LogP contribution in [0.15, 0.2) is 158 Å². The molecule has 6 aromatic rings. The van der Waals surface area contributed by atoms with E-state index in [2.05, 4.69) is 174 Å². The van der Waals surface area contributed by atoms with E-state index < -0.39 is 0 Å². The Morgan fingerprint density at radius 2 is 0.818 bits per heavy atom. The summed E-state index contributed by atoms with van der Waals surface area (Å²) in [6.45, 7) is 2.18. The van der Waals surface area contributed by atoms with Crippen molar-refractivity contribution in [1.29, 1.82) is 0 Å². The largest absolute Gasteiger partial charge is 0.311 e.